The van der Waals surface area contributed by atoms with Gasteiger partial charge in [-0.1, -0.05) is 30.3 Å². The Morgan fingerprint density at radius 3 is 2.36 bits per heavy atom. The van der Waals surface area contributed by atoms with Crippen LogP contribution in [-0.4, -0.2) is 32.2 Å². The van der Waals surface area contributed by atoms with Gasteiger partial charge in [0.15, 0.2) is 0 Å². The first kappa shape index (κ1) is 19.1. The van der Waals surface area contributed by atoms with E-state index in [4.69, 9.17) is 0 Å². The van der Waals surface area contributed by atoms with Gasteiger partial charge in [0.05, 0.1) is 4.90 Å². The number of sulfonamides is 1. The third-order valence-electron chi connectivity index (χ3n) is 3.73. The molecule has 0 unspecified atom stereocenters. The fourth-order valence-electron chi connectivity index (χ4n) is 2.25. The Morgan fingerprint density at radius 1 is 1.08 bits per heavy atom. The Bertz CT molecular complexity index is 793. The summed E-state index contributed by atoms with van der Waals surface area (Å²) in [7, 11) is -2.03. The van der Waals surface area contributed by atoms with Gasteiger partial charge in [-0.15, -0.1) is 0 Å². The normalized spacial score (nSPS) is 11.5. The Labute approximate surface area is 147 Å². The van der Waals surface area contributed by atoms with Crippen LogP contribution in [0.2, 0.25) is 0 Å². The molecule has 0 atom stereocenters. The van der Waals surface area contributed by atoms with Gasteiger partial charge < -0.3 is 5.32 Å². The number of rotatable bonds is 8. The molecule has 1 amide bonds. The van der Waals surface area contributed by atoms with Crippen LogP contribution in [0.4, 0.5) is 4.39 Å². The summed E-state index contributed by atoms with van der Waals surface area (Å²) in [6, 6.07) is 14.1. The van der Waals surface area contributed by atoms with Crippen molar-refractivity contribution in [2.45, 2.75) is 24.3 Å². The monoisotopic (exact) mass is 364 g/mol. The van der Waals surface area contributed by atoms with Gasteiger partial charge in [0.2, 0.25) is 15.9 Å². The number of nitrogens with one attached hydrogen (secondary N) is 1. The van der Waals surface area contributed by atoms with Gasteiger partial charge >= 0.3 is 0 Å². The lowest BCUT2D eigenvalue weighted by Gasteiger charge is -2.17. The predicted molar refractivity (Wildman–Crippen MR) is 93.7 cm³/mol. The Hall–Kier alpha value is -2.25. The lowest BCUT2D eigenvalue weighted by molar-refractivity contribution is -0.121. The number of nitrogens with zero attached hydrogens (tertiary/aromatic N) is 1. The minimum atomic E-state index is -3.53. The fourth-order valence-corrected chi connectivity index (χ4v) is 3.48. The van der Waals surface area contributed by atoms with E-state index in [9.17, 15) is 17.6 Å². The summed E-state index contributed by atoms with van der Waals surface area (Å²) in [4.78, 5) is 12.1. The molecule has 0 fully saturated rings. The molecule has 0 saturated carbocycles. The van der Waals surface area contributed by atoms with Gasteiger partial charge in [-0.2, -0.15) is 0 Å². The molecule has 0 saturated heterocycles. The highest BCUT2D eigenvalue weighted by molar-refractivity contribution is 7.89. The van der Waals surface area contributed by atoms with Crippen molar-refractivity contribution >= 4 is 15.9 Å². The van der Waals surface area contributed by atoms with E-state index in [1.807, 2.05) is 0 Å². The number of hydrogen-bond donors (Lipinski definition) is 1. The minimum Gasteiger partial charge on any atom is -0.352 e. The van der Waals surface area contributed by atoms with Crippen LogP contribution >= 0.6 is 0 Å². The van der Waals surface area contributed by atoms with Crippen molar-refractivity contribution in [3.05, 3.63) is 66.0 Å². The molecule has 2 aromatic rings. The molecule has 0 aliphatic rings. The maximum atomic E-state index is 12.8. The zero-order chi connectivity index (χ0) is 18.3. The molecule has 0 heterocycles. The van der Waals surface area contributed by atoms with E-state index >= 15 is 0 Å². The van der Waals surface area contributed by atoms with E-state index < -0.39 is 10.0 Å². The zero-order valence-corrected chi connectivity index (χ0v) is 14.8. The van der Waals surface area contributed by atoms with Crippen molar-refractivity contribution in [1.29, 1.82) is 0 Å². The average Bonchev–Trinajstić information content (AvgIpc) is 2.62. The molecule has 7 heteroatoms. The summed E-state index contributed by atoms with van der Waals surface area (Å²) in [5.41, 5.74) is 0.804. The van der Waals surface area contributed by atoms with Gasteiger partial charge in [-0.3, -0.25) is 4.79 Å². The van der Waals surface area contributed by atoms with Crippen LogP contribution < -0.4 is 5.32 Å². The van der Waals surface area contributed by atoms with E-state index in [1.165, 1.54) is 23.5 Å². The van der Waals surface area contributed by atoms with Crippen molar-refractivity contribution in [3.8, 4) is 0 Å². The summed E-state index contributed by atoms with van der Waals surface area (Å²) in [5.74, 6) is -0.493. The zero-order valence-electron chi connectivity index (χ0n) is 14.0. The number of halogens is 1. The minimum absolute atomic E-state index is 0.171. The molecule has 25 heavy (non-hydrogen) atoms. The lowest BCUT2D eigenvalue weighted by Crippen LogP contribution is -2.29. The molecular formula is C18H21FN2O3S. The standard InChI is InChI=1S/C18H21FN2O3S/c1-21(25(23,24)17-6-3-2-4-7-17)13-5-8-18(22)20-14-15-9-11-16(19)12-10-15/h2-4,6-7,9-12H,5,8,13-14H2,1H3,(H,20,22). The molecule has 0 aliphatic heterocycles. The molecule has 134 valence electrons. The van der Waals surface area contributed by atoms with Crippen LogP contribution in [0.5, 0.6) is 0 Å². The van der Waals surface area contributed by atoms with Crippen LogP contribution in [0.1, 0.15) is 18.4 Å². The van der Waals surface area contributed by atoms with Crippen molar-refractivity contribution in [2.75, 3.05) is 13.6 Å². The number of hydrogen-bond acceptors (Lipinski definition) is 3. The topological polar surface area (TPSA) is 66.5 Å². The SMILES string of the molecule is CN(CCCC(=O)NCc1ccc(F)cc1)S(=O)(=O)c1ccccc1. The van der Waals surface area contributed by atoms with Gasteiger partial charge in [0, 0.05) is 26.6 Å². The highest BCUT2D eigenvalue weighted by Gasteiger charge is 2.19. The third-order valence-corrected chi connectivity index (χ3v) is 5.60. The molecular weight excluding hydrogens is 343 g/mol. The molecule has 1 N–H and O–H groups in total. The number of benzene rings is 2. The molecule has 5 nitrogen and oxygen atoms in total. The van der Waals surface area contributed by atoms with E-state index in [0.717, 1.165) is 5.56 Å². The Balaban J connectivity index is 1.76. The Morgan fingerprint density at radius 2 is 1.72 bits per heavy atom. The van der Waals surface area contributed by atoms with Crippen molar-refractivity contribution in [2.24, 2.45) is 0 Å². The van der Waals surface area contributed by atoms with Gasteiger partial charge in [0.1, 0.15) is 5.82 Å². The highest BCUT2D eigenvalue weighted by atomic mass is 32.2. The van der Waals surface area contributed by atoms with Crippen LogP contribution in [0.3, 0.4) is 0 Å². The first-order chi connectivity index (χ1) is 11.9. The van der Waals surface area contributed by atoms with Crippen LogP contribution in [-0.2, 0) is 21.4 Å². The first-order valence-electron chi connectivity index (χ1n) is 7.92. The largest absolute Gasteiger partial charge is 0.352 e. The van der Waals surface area contributed by atoms with Crippen molar-refractivity contribution < 1.29 is 17.6 Å². The Kier molecular flexibility index (Phi) is 6.66. The molecule has 2 aromatic carbocycles. The first-order valence-corrected chi connectivity index (χ1v) is 9.36. The van der Waals surface area contributed by atoms with Crippen LogP contribution in [0.15, 0.2) is 59.5 Å². The molecule has 0 radical (unpaired) electrons. The highest BCUT2D eigenvalue weighted by Crippen LogP contribution is 2.14. The summed E-state index contributed by atoms with van der Waals surface area (Å²) >= 11 is 0. The average molecular weight is 364 g/mol. The van der Waals surface area contributed by atoms with Gasteiger partial charge in [0.25, 0.3) is 0 Å². The number of carbonyl (C=O) groups excluding carboxylic acids is 1. The quantitative estimate of drug-likeness (QED) is 0.783. The van der Waals surface area contributed by atoms with Crippen LogP contribution in [0, 0.1) is 5.82 Å². The van der Waals surface area contributed by atoms with Crippen molar-refractivity contribution in [1.82, 2.24) is 9.62 Å². The summed E-state index contributed by atoms with van der Waals surface area (Å²) in [6.45, 7) is 0.568. The smallest absolute Gasteiger partial charge is 0.242 e. The maximum absolute atomic E-state index is 12.8. The number of carbonyl (C=O) groups is 1. The van der Waals surface area contributed by atoms with E-state index in [-0.39, 0.29) is 29.6 Å². The second-order valence-corrected chi connectivity index (χ2v) is 7.69. The third kappa shape index (κ3) is 5.65. The molecule has 0 aliphatic carbocycles. The lowest BCUT2D eigenvalue weighted by atomic mass is 10.2. The number of amides is 1. The maximum Gasteiger partial charge on any atom is 0.242 e. The summed E-state index contributed by atoms with van der Waals surface area (Å²) in [6.07, 6.45) is 0.633. The van der Waals surface area contributed by atoms with Crippen molar-refractivity contribution in [3.63, 3.8) is 0 Å². The molecule has 2 rings (SSSR count). The van der Waals surface area contributed by atoms with Gasteiger partial charge in [-0.25, -0.2) is 17.1 Å². The summed E-state index contributed by atoms with van der Waals surface area (Å²) in [5, 5.41) is 2.73. The van der Waals surface area contributed by atoms with Gasteiger partial charge in [-0.05, 0) is 36.2 Å². The molecule has 0 aromatic heterocycles. The summed E-state index contributed by atoms with van der Waals surface area (Å²) < 4.78 is 38.7. The fraction of sp³-hybridized carbons (Fsp3) is 0.278. The second kappa shape index (κ2) is 8.73. The molecule has 0 spiro atoms. The molecule has 0 bridgehead atoms. The van der Waals surface area contributed by atoms with E-state index in [2.05, 4.69) is 5.32 Å². The van der Waals surface area contributed by atoms with E-state index in [1.54, 1.807) is 42.5 Å². The van der Waals surface area contributed by atoms with Crippen LogP contribution in [0.25, 0.3) is 0 Å². The van der Waals surface area contributed by atoms with E-state index in [0.29, 0.717) is 13.0 Å². The predicted octanol–water partition coefficient (Wildman–Crippen LogP) is 2.54. The second-order valence-electron chi connectivity index (χ2n) is 5.65.